The van der Waals surface area contributed by atoms with Crippen molar-refractivity contribution in [1.29, 1.82) is 0 Å². The van der Waals surface area contributed by atoms with E-state index < -0.39 is 66.7 Å². The molecule has 1 unspecified atom stereocenters. The van der Waals surface area contributed by atoms with Crippen molar-refractivity contribution in [2.24, 2.45) is 11.7 Å². The highest BCUT2D eigenvalue weighted by Gasteiger charge is 2.29. The minimum Gasteiger partial charge on any atom is -0.481 e. The molecule has 0 fully saturated rings. The third-order valence-electron chi connectivity index (χ3n) is 6.06. The molecule has 6 N–H and O–H groups in total. The van der Waals surface area contributed by atoms with Crippen LogP contribution in [0, 0.1) is 5.92 Å². The normalized spacial score (nSPS) is 12.7. The summed E-state index contributed by atoms with van der Waals surface area (Å²) in [6.07, 6.45) is -4.78. The van der Waals surface area contributed by atoms with E-state index in [1.165, 1.54) is 0 Å². The molecule has 13 nitrogen and oxygen atoms in total. The van der Waals surface area contributed by atoms with E-state index in [-0.39, 0.29) is 32.0 Å². The van der Waals surface area contributed by atoms with Gasteiger partial charge >= 0.3 is 18.2 Å². The molecule has 2 aromatic rings. The quantitative estimate of drug-likeness (QED) is 0.133. The summed E-state index contributed by atoms with van der Waals surface area (Å²) in [5.41, 5.74) is 7.30. The van der Waals surface area contributed by atoms with Gasteiger partial charge in [0.2, 0.25) is 5.91 Å². The molecular weight excluding hydrogens is 560 g/mol. The number of nitrogens with two attached hydrogens (primary N) is 1. The van der Waals surface area contributed by atoms with Gasteiger partial charge in [0.05, 0.1) is 12.5 Å². The van der Waals surface area contributed by atoms with Crippen LogP contribution in [0.5, 0.6) is 0 Å². The Balaban J connectivity index is 1.94. The number of nitrogens with one attached hydrogen (secondary N) is 3. The second-order valence-corrected chi connectivity index (χ2v) is 10.2. The van der Waals surface area contributed by atoms with Gasteiger partial charge < -0.3 is 36.3 Å². The maximum atomic E-state index is 12.9. The first kappa shape index (κ1) is 34.4. The number of hydrogen-bond acceptors (Lipinski definition) is 9. The first-order chi connectivity index (χ1) is 20.4. The lowest BCUT2D eigenvalue weighted by Crippen LogP contribution is -2.55. The number of hydrogen-bond donors (Lipinski definition) is 5. The Kier molecular flexibility index (Phi) is 14.3. The third kappa shape index (κ3) is 13.6. The van der Waals surface area contributed by atoms with E-state index in [1.807, 2.05) is 19.9 Å². The van der Waals surface area contributed by atoms with Crippen LogP contribution in [0.25, 0.3) is 0 Å². The molecule has 3 atom stereocenters. The van der Waals surface area contributed by atoms with Gasteiger partial charge in [-0.15, -0.1) is 0 Å². The second-order valence-electron chi connectivity index (χ2n) is 10.2. The minimum atomic E-state index is -1.61. The number of carboxylic acid groups (broad SMARTS) is 1. The zero-order valence-corrected chi connectivity index (χ0v) is 24.1. The van der Waals surface area contributed by atoms with Gasteiger partial charge in [-0.25, -0.2) is 9.59 Å². The van der Waals surface area contributed by atoms with Crippen LogP contribution in [0.2, 0.25) is 0 Å². The first-order valence-corrected chi connectivity index (χ1v) is 13.7. The molecule has 0 heterocycles. The number of ketones is 2. The van der Waals surface area contributed by atoms with E-state index in [4.69, 9.17) is 20.3 Å². The number of carboxylic acids is 1. The average molecular weight is 599 g/mol. The molecule has 43 heavy (non-hydrogen) atoms. The monoisotopic (exact) mass is 598 g/mol. The highest BCUT2D eigenvalue weighted by Crippen LogP contribution is 2.09. The number of amides is 3. The molecule has 0 spiro atoms. The molecule has 2 aromatic carbocycles. The summed E-state index contributed by atoms with van der Waals surface area (Å²) >= 11 is 0. The predicted octanol–water partition coefficient (Wildman–Crippen LogP) is 2.42. The third-order valence-corrected chi connectivity index (χ3v) is 6.06. The van der Waals surface area contributed by atoms with Gasteiger partial charge in [0, 0.05) is 6.42 Å². The largest absolute Gasteiger partial charge is 0.481 e. The summed E-state index contributed by atoms with van der Waals surface area (Å²) in [5, 5.41) is 16.1. The van der Waals surface area contributed by atoms with Crippen LogP contribution in [0.4, 0.5) is 9.59 Å². The smallest absolute Gasteiger partial charge is 0.408 e. The number of carbonyl (C=O) groups is 6. The first-order valence-electron chi connectivity index (χ1n) is 13.7. The fourth-order valence-corrected chi connectivity index (χ4v) is 3.84. The highest BCUT2D eigenvalue weighted by atomic mass is 16.6. The summed E-state index contributed by atoms with van der Waals surface area (Å²) in [6.45, 7) is 3.56. The molecule has 0 aliphatic carbocycles. The lowest BCUT2D eigenvalue weighted by atomic mass is 10.0. The second kappa shape index (κ2) is 17.9. The molecule has 0 saturated carbocycles. The summed E-state index contributed by atoms with van der Waals surface area (Å²) < 4.78 is 10.3. The fourth-order valence-electron chi connectivity index (χ4n) is 3.84. The van der Waals surface area contributed by atoms with Crippen LogP contribution in [-0.4, -0.2) is 59.0 Å². The minimum absolute atomic E-state index is 0.0142. The van der Waals surface area contributed by atoms with E-state index in [0.29, 0.717) is 5.56 Å². The number of aliphatic carboxylic acids is 1. The summed E-state index contributed by atoms with van der Waals surface area (Å²) in [7, 11) is 0. The standard InChI is InChI=1S/C30H38N4O9/c1-19(2)15-23(33-30(41)43-18-21-11-7-4-8-12-21)28(39)34-27(31)25(36)16-24(35)22(13-14-26(37)38)32-29(40)42-17-20-9-5-3-6-10-20/h3-12,19,22-23,27H,13-18,31H2,1-2H3,(H,32,40)(H,33,41)(H,34,39)(H,37,38)/t22-,23-,27?/m0/s1. The van der Waals surface area contributed by atoms with Crippen molar-refractivity contribution in [2.45, 2.75) is 71.0 Å². The van der Waals surface area contributed by atoms with Crippen LogP contribution < -0.4 is 21.7 Å². The molecule has 0 aliphatic heterocycles. The molecule has 2 rings (SSSR count). The van der Waals surface area contributed by atoms with E-state index in [0.717, 1.165) is 5.56 Å². The lowest BCUT2D eigenvalue weighted by molar-refractivity contribution is -0.137. The van der Waals surface area contributed by atoms with Crippen molar-refractivity contribution < 1.29 is 43.3 Å². The van der Waals surface area contributed by atoms with Crippen molar-refractivity contribution in [3.63, 3.8) is 0 Å². The zero-order chi connectivity index (χ0) is 31.8. The van der Waals surface area contributed by atoms with Gasteiger partial charge in [-0.2, -0.15) is 0 Å². The van der Waals surface area contributed by atoms with E-state index in [1.54, 1.807) is 54.6 Å². The molecule has 3 amide bonds. The number of Topliss-reactive ketones (excluding diaryl/α,β-unsaturated/α-hetero) is 2. The summed E-state index contributed by atoms with van der Waals surface area (Å²) in [6, 6.07) is 15.3. The molecule has 13 heteroatoms. The van der Waals surface area contributed by atoms with Crippen molar-refractivity contribution >= 4 is 35.6 Å². The molecule has 0 saturated heterocycles. The maximum Gasteiger partial charge on any atom is 0.408 e. The van der Waals surface area contributed by atoms with Crippen LogP contribution in [0.15, 0.2) is 60.7 Å². The number of carbonyl (C=O) groups excluding carboxylic acids is 5. The summed E-state index contributed by atoms with van der Waals surface area (Å²) in [4.78, 5) is 74.2. The number of ether oxygens (including phenoxy) is 2. The topological polar surface area (TPSA) is 203 Å². The Bertz CT molecular complexity index is 1240. The van der Waals surface area contributed by atoms with Gasteiger partial charge in [0.1, 0.15) is 25.4 Å². The van der Waals surface area contributed by atoms with Gasteiger partial charge in [-0.3, -0.25) is 19.2 Å². The highest BCUT2D eigenvalue weighted by molar-refractivity contribution is 6.05. The Morgan fingerprint density at radius 1 is 0.744 bits per heavy atom. The van der Waals surface area contributed by atoms with Gasteiger partial charge in [-0.05, 0) is 29.9 Å². The zero-order valence-electron chi connectivity index (χ0n) is 24.1. The van der Waals surface area contributed by atoms with Gasteiger partial charge in [0.15, 0.2) is 11.6 Å². The molecule has 0 bridgehead atoms. The Labute approximate surface area is 249 Å². The Morgan fingerprint density at radius 3 is 1.70 bits per heavy atom. The Hall–Kier alpha value is -4.78. The number of alkyl carbamates (subject to hydrolysis) is 2. The van der Waals surface area contributed by atoms with E-state index in [2.05, 4.69) is 16.0 Å². The number of benzene rings is 2. The van der Waals surface area contributed by atoms with Crippen LogP contribution in [0.1, 0.15) is 50.7 Å². The van der Waals surface area contributed by atoms with Crippen molar-refractivity contribution in [2.75, 3.05) is 0 Å². The lowest BCUT2D eigenvalue weighted by Gasteiger charge is -2.22. The Morgan fingerprint density at radius 2 is 1.23 bits per heavy atom. The van der Waals surface area contributed by atoms with Gasteiger partial charge in [0.25, 0.3) is 0 Å². The molecule has 0 aliphatic rings. The maximum absolute atomic E-state index is 12.9. The molecular formula is C30H38N4O9. The van der Waals surface area contributed by atoms with Crippen molar-refractivity contribution in [3.05, 3.63) is 71.8 Å². The van der Waals surface area contributed by atoms with Crippen molar-refractivity contribution in [3.8, 4) is 0 Å². The van der Waals surface area contributed by atoms with E-state index >= 15 is 0 Å². The van der Waals surface area contributed by atoms with Crippen LogP contribution >= 0.6 is 0 Å². The molecule has 0 aromatic heterocycles. The predicted molar refractivity (Wildman–Crippen MR) is 154 cm³/mol. The fraction of sp³-hybridized carbons (Fsp3) is 0.400. The number of rotatable bonds is 17. The van der Waals surface area contributed by atoms with Gasteiger partial charge in [-0.1, -0.05) is 74.5 Å². The average Bonchev–Trinajstić information content (AvgIpc) is 2.97. The van der Waals surface area contributed by atoms with Crippen LogP contribution in [0.3, 0.4) is 0 Å². The van der Waals surface area contributed by atoms with E-state index in [9.17, 15) is 28.8 Å². The molecule has 232 valence electrons. The van der Waals surface area contributed by atoms with Crippen molar-refractivity contribution in [1.82, 2.24) is 16.0 Å². The SMILES string of the molecule is CC(C)C[C@H](NC(=O)OCc1ccccc1)C(=O)NC(N)C(=O)CC(=O)[C@H](CCC(=O)O)NC(=O)OCc1ccccc1. The summed E-state index contributed by atoms with van der Waals surface area (Å²) in [5.74, 6) is -3.69. The van der Waals surface area contributed by atoms with Crippen LogP contribution in [-0.2, 0) is 41.9 Å². The molecule has 0 radical (unpaired) electrons.